The van der Waals surface area contributed by atoms with Crippen LogP contribution in [0.25, 0.3) is 0 Å². The molecule has 4 heteroatoms. The van der Waals surface area contributed by atoms with E-state index in [1.54, 1.807) is 24.5 Å². The maximum absolute atomic E-state index is 13.2. The summed E-state index contributed by atoms with van der Waals surface area (Å²) in [6.07, 6.45) is 3.90. The SMILES string of the molecule is N#Cc1ccc(Cc2ncc[nH]2)cc1F. The smallest absolute Gasteiger partial charge is 0.141 e. The van der Waals surface area contributed by atoms with Gasteiger partial charge in [0.1, 0.15) is 17.7 Å². The molecule has 0 fully saturated rings. The Labute approximate surface area is 86.2 Å². The quantitative estimate of drug-likeness (QED) is 0.808. The van der Waals surface area contributed by atoms with Crippen molar-refractivity contribution in [3.63, 3.8) is 0 Å². The summed E-state index contributed by atoms with van der Waals surface area (Å²) < 4.78 is 13.2. The number of halogens is 1. The van der Waals surface area contributed by atoms with Crippen LogP contribution >= 0.6 is 0 Å². The minimum Gasteiger partial charge on any atom is -0.348 e. The van der Waals surface area contributed by atoms with Gasteiger partial charge in [0, 0.05) is 18.8 Å². The Balaban J connectivity index is 2.24. The summed E-state index contributed by atoms with van der Waals surface area (Å²) in [4.78, 5) is 6.98. The van der Waals surface area contributed by atoms with Gasteiger partial charge in [0.15, 0.2) is 0 Å². The van der Waals surface area contributed by atoms with E-state index in [4.69, 9.17) is 5.26 Å². The minimum atomic E-state index is -0.485. The molecule has 2 rings (SSSR count). The van der Waals surface area contributed by atoms with E-state index in [9.17, 15) is 4.39 Å². The summed E-state index contributed by atoms with van der Waals surface area (Å²) in [5, 5.41) is 8.56. The zero-order valence-corrected chi connectivity index (χ0v) is 7.87. The molecule has 1 N–H and O–H groups in total. The molecule has 0 aliphatic rings. The molecule has 15 heavy (non-hydrogen) atoms. The molecule has 0 spiro atoms. The third-order valence-corrected chi connectivity index (χ3v) is 2.08. The van der Waals surface area contributed by atoms with Crippen LogP contribution in [0.4, 0.5) is 4.39 Å². The number of imidazole rings is 1. The van der Waals surface area contributed by atoms with Crippen molar-refractivity contribution >= 4 is 0 Å². The van der Waals surface area contributed by atoms with Gasteiger partial charge >= 0.3 is 0 Å². The van der Waals surface area contributed by atoms with E-state index in [-0.39, 0.29) is 5.56 Å². The van der Waals surface area contributed by atoms with Crippen LogP contribution in [-0.2, 0) is 6.42 Å². The Hall–Kier alpha value is -2.15. The van der Waals surface area contributed by atoms with Crippen molar-refractivity contribution in [2.45, 2.75) is 6.42 Å². The molecular formula is C11H8FN3. The second kappa shape index (κ2) is 3.93. The number of aromatic nitrogens is 2. The van der Waals surface area contributed by atoms with Gasteiger partial charge in [0.2, 0.25) is 0 Å². The second-order valence-electron chi connectivity index (χ2n) is 3.14. The lowest BCUT2D eigenvalue weighted by Gasteiger charge is -1.99. The van der Waals surface area contributed by atoms with Crippen molar-refractivity contribution in [3.8, 4) is 6.07 Å². The van der Waals surface area contributed by atoms with Crippen molar-refractivity contribution in [3.05, 3.63) is 53.4 Å². The molecule has 1 aromatic carbocycles. The Kier molecular flexibility index (Phi) is 2.46. The highest BCUT2D eigenvalue weighted by Gasteiger charge is 2.04. The van der Waals surface area contributed by atoms with E-state index in [1.807, 2.05) is 0 Å². The van der Waals surface area contributed by atoms with E-state index in [0.717, 1.165) is 11.4 Å². The van der Waals surface area contributed by atoms with Crippen LogP contribution < -0.4 is 0 Å². The number of aromatic amines is 1. The van der Waals surface area contributed by atoms with Gasteiger partial charge in [-0.25, -0.2) is 9.37 Å². The molecule has 0 amide bonds. The number of H-pyrrole nitrogens is 1. The van der Waals surface area contributed by atoms with Crippen molar-refractivity contribution in [1.82, 2.24) is 9.97 Å². The summed E-state index contributed by atoms with van der Waals surface area (Å²) in [5.41, 5.74) is 0.861. The predicted molar refractivity (Wildman–Crippen MR) is 52.5 cm³/mol. The zero-order valence-electron chi connectivity index (χ0n) is 7.87. The average Bonchev–Trinajstić information content (AvgIpc) is 2.71. The van der Waals surface area contributed by atoms with Crippen LogP contribution in [0.5, 0.6) is 0 Å². The summed E-state index contributed by atoms with van der Waals surface area (Å²) >= 11 is 0. The predicted octanol–water partition coefficient (Wildman–Crippen LogP) is 2.01. The number of benzene rings is 1. The van der Waals surface area contributed by atoms with E-state index in [0.29, 0.717) is 6.42 Å². The molecule has 0 bridgehead atoms. The normalized spacial score (nSPS) is 9.87. The standard InChI is InChI=1S/C11H8FN3/c12-10-5-8(1-2-9(10)7-13)6-11-14-3-4-15-11/h1-5H,6H2,(H,14,15). The molecule has 0 saturated heterocycles. The number of hydrogen-bond donors (Lipinski definition) is 1. The van der Waals surface area contributed by atoms with E-state index in [2.05, 4.69) is 9.97 Å². The Morgan fingerprint density at radius 1 is 1.47 bits per heavy atom. The lowest BCUT2D eigenvalue weighted by atomic mass is 10.1. The van der Waals surface area contributed by atoms with Gasteiger partial charge in [-0.15, -0.1) is 0 Å². The molecular weight excluding hydrogens is 193 g/mol. The Morgan fingerprint density at radius 3 is 2.93 bits per heavy atom. The molecule has 3 nitrogen and oxygen atoms in total. The summed E-state index contributed by atoms with van der Waals surface area (Å²) in [6, 6.07) is 6.35. The van der Waals surface area contributed by atoms with Gasteiger partial charge in [-0.2, -0.15) is 5.26 Å². The van der Waals surface area contributed by atoms with Crippen molar-refractivity contribution in [1.29, 1.82) is 5.26 Å². The van der Waals surface area contributed by atoms with Gasteiger partial charge in [0.25, 0.3) is 0 Å². The fourth-order valence-corrected chi connectivity index (χ4v) is 1.35. The first-order chi connectivity index (χ1) is 7.29. The highest BCUT2D eigenvalue weighted by atomic mass is 19.1. The van der Waals surface area contributed by atoms with Crippen LogP contribution in [0.3, 0.4) is 0 Å². The van der Waals surface area contributed by atoms with E-state index in [1.165, 1.54) is 12.1 Å². The van der Waals surface area contributed by atoms with Crippen molar-refractivity contribution in [2.24, 2.45) is 0 Å². The molecule has 0 unspecified atom stereocenters. The number of rotatable bonds is 2. The Morgan fingerprint density at radius 2 is 2.33 bits per heavy atom. The maximum Gasteiger partial charge on any atom is 0.141 e. The van der Waals surface area contributed by atoms with Crippen LogP contribution in [0.1, 0.15) is 17.0 Å². The molecule has 0 saturated carbocycles. The first-order valence-electron chi connectivity index (χ1n) is 4.46. The highest BCUT2D eigenvalue weighted by molar-refractivity contribution is 5.34. The fourth-order valence-electron chi connectivity index (χ4n) is 1.35. The minimum absolute atomic E-state index is 0.0678. The topological polar surface area (TPSA) is 52.5 Å². The largest absolute Gasteiger partial charge is 0.348 e. The van der Waals surface area contributed by atoms with Crippen LogP contribution in [0.15, 0.2) is 30.6 Å². The lowest BCUT2D eigenvalue weighted by Crippen LogP contribution is -1.93. The molecule has 1 heterocycles. The van der Waals surface area contributed by atoms with Gasteiger partial charge in [-0.1, -0.05) is 6.07 Å². The number of nitrogens with one attached hydrogen (secondary N) is 1. The number of hydrogen-bond acceptors (Lipinski definition) is 2. The van der Waals surface area contributed by atoms with E-state index >= 15 is 0 Å². The first kappa shape index (κ1) is 9.41. The van der Waals surface area contributed by atoms with Gasteiger partial charge in [0.05, 0.1) is 5.56 Å². The molecule has 2 aromatic rings. The molecule has 0 atom stereocenters. The maximum atomic E-state index is 13.2. The highest BCUT2D eigenvalue weighted by Crippen LogP contribution is 2.11. The zero-order chi connectivity index (χ0) is 10.7. The summed E-state index contributed by atoms with van der Waals surface area (Å²) in [6.45, 7) is 0. The average molecular weight is 201 g/mol. The molecule has 0 aliphatic carbocycles. The van der Waals surface area contributed by atoms with E-state index < -0.39 is 5.82 Å². The summed E-state index contributed by atoms with van der Waals surface area (Å²) in [5.74, 6) is 0.292. The number of nitrogens with zero attached hydrogens (tertiary/aromatic N) is 2. The van der Waals surface area contributed by atoms with Gasteiger partial charge < -0.3 is 4.98 Å². The Bertz CT molecular complexity index is 497. The molecule has 74 valence electrons. The summed E-state index contributed by atoms with van der Waals surface area (Å²) in [7, 11) is 0. The van der Waals surface area contributed by atoms with Gasteiger partial charge in [-0.3, -0.25) is 0 Å². The van der Waals surface area contributed by atoms with Crippen molar-refractivity contribution in [2.75, 3.05) is 0 Å². The van der Waals surface area contributed by atoms with Crippen LogP contribution in [0, 0.1) is 17.1 Å². The third-order valence-electron chi connectivity index (χ3n) is 2.08. The first-order valence-corrected chi connectivity index (χ1v) is 4.46. The van der Waals surface area contributed by atoms with Gasteiger partial charge in [-0.05, 0) is 17.7 Å². The molecule has 0 aliphatic heterocycles. The second-order valence-corrected chi connectivity index (χ2v) is 3.14. The van der Waals surface area contributed by atoms with Crippen LogP contribution in [0.2, 0.25) is 0 Å². The number of nitriles is 1. The molecule has 0 radical (unpaired) electrons. The fraction of sp³-hybridized carbons (Fsp3) is 0.0909. The monoisotopic (exact) mass is 201 g/mol. The lowest BCUT2D eigenvalue weighted by molar-refractivity contribution is 0.622. The van der Waals surface area contributed by atoms with Crippen molar-refractivity contribution < 1.29 is 4.39 Å². The molecule has 1 aromatic heterocycles. The van der Waals surface area contributed by atoms with Crippen LogP contribution in [-0.4, -0.2) is 9.97 Å². The third kappa shape index (κ3) is 2.02.